The number of hydrogen-bond donors (Lipinski definition) is 4. The fourth-order valence-electron chi connectivity index (χ4n) is 4.56. The number of benzene rings is 2. The number of aliphatic hydroxyl groups excluding tert-OH is 1. The molecule has 3 aliphatic heterocycles. The zero-order valence-corrected chi connectivity index (χ0v) is 17.8. The van der Waals surface area contributed by atoms with E-state index in [2.05, 4.69) is 10.6 Å². The Balaban J connectivity index is 1.94. The number of nitro groups is 1. The second-order valence-corrected chi connectivity index (χ2v) is 8.38. The van der Waals surface area contributed by atoms with E-state index >= 15 is 0 Å². The van der Waals surface area contributed by atoms with E-state index in [9.17, 15) is 20.0 Å². The normalized spacial score (nSPS) is 23.1. The SMILES string of the molecule is N=C1/C(=C(\O)c2ccc(Cl)cc2)[C@@]2(C(=O)Nc3ccc(Cl)cc32)C([N+](=O)[O-])=C2NCCN12. The van der Waals surface area contributed by atoms with Gasteiger partial charge in [-0.15, -0.1) is 0 Å². The Kier molecular flexibility index (Phi) is 4.44. The van der Waals surface area contributed by atoms with E-state index in [4.69, 9.17) is 28.6 Å². The number of carbonyl (C=O) groups is 1. The smallest absolute Gasteiger partial charge is 0.311 e. The lowest BCUT2D eigenvalue weighted by atomic mass is 9.68. The summed E-state index contributed by atoms with van der Waals surface area (Å²) >= 11 is 12.2. The monoisotopic (exact) mass is 471 g/mol. The molecule has 3 heterocycles. The van der Waals surface area contributed by atoms with Crippen molar-refractivity contribution in [2.24, 2.45) is 0 Å². The molecule has 162 valence electrons. The Labute approximate surface area is 191 Å². The molecular weight excluding hydrogens is 457 g/mol. The molecule has 0 unspecified atom stereocenters. The highest BCUT2D eigenvalue weighted by atomic mass is 35.5. The average Bonchev–Trinajstić information content (AvgIpc) is 3.33. The van der Waals surface area contributed by atoms with Crippen LogP contribution < -0.4 is 10.6 Å². The van der Waals surface area contributed by atoms with Crippen LogP contribution in [0.2, 0.25) is 10.0 Å². The third-order valence-corrected chi connectivity index (χ3v) is 6.36. The van der Waals surface area contributed by atoms with E-state index in [0.29, 0.717) is 17.3 Å². The first kappa shape index (κ1) is 20.3. The molecule has 3 aliphatic rings. The molecule has 1 amide bonds. The molecule has 9 nitrogen and oxygen atoms in total. The first-order chi connectivity index (χ1) is 15.3. The minimum absolute atomic E-state index is 0.0515. The molecule has 2 aromatic rings. The summed E-state index contributed by atoms with van der Waals surface area (Å²) in [5.74, 6) is -1.34. The number of halogens is 2. The van der Waals surface area contributed by atoms with Crippen LogP contribution in [-0.4, -0.2) is 39.8 Å². The number of anilines is 1. The van der Waals surface area contributed by atoms with Crippen LogP contribution >= 0.6 is 23.2 Å². The van der Waals surface area contributed by atoms with E-state index in [1.165, 1.54) is 23.1 Å². The topological polar surface area (TPSA) is 132 Å². The minimum Gasteiger partial charge on any atom is -0.507 e. The summed E-state index contributed by atoms with van der Waals surface area (Å²) in [6.45, 7) is 0.604. The van der Waals surface area contributed by atoms with Crippen LogP contribution in [0.5, 0.6) is 0 Å². The summed E-state index contributed by atoms with van der Waals surface area (Å²) in [6, 6.07) is 10.7. The fourth-order valence-corrected chi connectivity index (χ4v) is 4.86. The van der Waals surface area contributed by atoms with Crippen LogP contribution in [0.3, 0.4) is 0 Å². The van der Waals surface area contributed by atoms with Crippen molar-refractivity contribution in [1.82, 2.24) is 10.2 Å². The van der Waals surface area contributed by atoms with Gasteiger partial charge in [0.25, 0.3) is 5.91 Å². The van der Waals surface area contributed by atoms with Gasteiger partial charge in [0.15, 0.2) is 5.82 Å². The van der Waals surface area contributed by atoms with Crippen molar-refractivity contribution in [3.8, 4) is 0 Å². The summed E-state index contributed by atoms with van der Waals surface area (Å²) in [6.07, 6.45) is 0. The molecule has 0 radical (unpaired) electrons. The van der Waals surface area contributed by atoms with Crippen molar-refractivity contribution < 1.29 is 14.8 Å². The Bertz CT molecular complexity index is 1290. The number of fused-ring (bicyclic) bond motifs is 3. The molecule has 1 spiro atoms. The molecule has 32 heavy (non-hydrogen) atoms. The lowest BCUT2D eigenvalue weighted by Crippen LogP contribution is -2.53. The Morgan fingerprint density at radius 1 is 1.19 bits per heavy atom. The van der Waals surface area contributed by atoms with Crippen molar-refractivity contribution in [3.05, 3.63) is 90.8 Å². The van der Waals surface area contributed by atoms with Gasteiger partial charge in [-0.05, 0) is 42.5 Å². The first-order valence-corrected chi connectivity index (χ1v) is 10.3. The van der Waals surface area contributed by atoms with E-state index in [0.717, 1.165) is 0 Å². The summed E-state index contributed by atoms with van der Waals surface area (Å²) in [7, 11) is 0. The highest BCUT2D eigenvalue weighted by Crippen LogP contribution is 2.54. The molecule has 5 rings (SSSR count). The van der Waals surface area contributed by atoms with Gasteiger partial charge in [-0.2, -0.15) is 0 Å². The van der Waals surface area contributed by atoms with Gasteiger partial charge >= 0.3 is 5.70 Å². The number of aliphatic hydroxyl groups is 1. The number of amidine groups is 1. The molecule has 0 bridgehead atoms. The maximum Gasteiger partial charge on any atom is 0.311 e. The zero-order chi connectivity index (χ0) is 22.8. The summed E-state index contributed by atoms with van der Waals surface area (Å²) < 4.78 is 0. The Morgan fingerprint density at radius 2 is 1.88 bits per heavy atom. The molecule has 1 saturated heterocycles. The van der Waals surface area contributed by atoms with Crippen LogP contribution in [0.4, 0.5) is 5.69 Å². The van der Waals surface area contributed by atoms with Gasteiger partial charge < -0.3 is 20.6 Å². The molecule has 1 atom stereocenters. The van der Waals surface area contributed by atoms with E-state index < -0.39 is 27.7 Å². The molecule has 0 saturated carbocycles. The first-order valence-electron chi connectivity index (χ1n) is 9.57. The predicted molar refractivity (Wildman–Crippen MR) is 119 cm³/mol. The zero-order valence-electron chi connectivity index (χ0n) is 16.3. The number of amides is 1. The second kappa shape index (κ2) is 6.98. The van der Waals surface area contributed by atoms with Gasteiger partial charge in [-0.25, -0.2) is 0 Å². The van der Waals surface area contributed by atoms with Gasteiger partial charge in [-0.1, -0.05) is 23.2 Å². The van der Waals surface area contributed by atoms with Gasteiger partial charge in [0.05, 0.1) is 10.5 Å². The lowest BCUT2D eigenvalue weighted by Gasteiger charge is -2.37. The number of carbonyl (C=O) groups excluding carboxylic acids is 1. The van der Waals surface area contributed by atoms with Crippen molar-refractivity contribution in [2.45, 2.75) is 5.41 Å². The average molecular weight is 472 g/mol. The minimum atomic E-state index is -2.09. The molecule has 11 heteroatoms. The van der Waals surface area contributed by atoms with Crippen LogP contribution in [0.1, 0.15) is 11.1 Å². The fraction of sp³-hybridized carbons (Fsp3) is 0.143. The molecule has 1 fully saturated rings. The summed E-state index contributed by atoms with van der Waals surface area (Å²) in [4.78, 5) is 26.7. The third kappa shape index (κ3) is 2.58. The van der Waals surface area contributed by atoms with Crippen molar-refractivity contribution in [3.63, 3.8) is 0 Å². The maximum atomic E-state index is 13.6. The molecule has 0 aliphatic carbocycles. The Morgan fingerprint density at radius 3 is 2.56 bits per heavy atom. The number of nitrogens with zero attached hydrogens (tertiary/aromatic N) is 2. The quantitative estimate of drug-likeness (QED) is 0.301. The number of nitrogens with one attached hydrogen (secondary N) is 3. The Hall–Kier alpha value is -3.56. The van der Waals surface area contributed by atoms with E-state index in [1.807, 2.05) is 0 Å². The highest BCUT2D eigenvalue weighted by molar-refractivity contribution is 6.31. The third-order valence-electron chi connectivity index (χ3n) is 5.87. The van der Waals surface area contributed by atoms with Gasteiger partial charge in [-0.3, -0.25) is 20.3 Å². The summed E-state index contributed by atoms with van der Waals surface area (Å²) in [5, 5.41) is 38.9. The van der Waals surface area contributed by atoms with Gasteiger partial charge in [0.2, 0.25) is 5.41 Å². The molecule has 0 aromatic heterocycles. The van der Waals surface area contributed by atoms with E-state index in [1.54, 1.807) is 24.3 Å². The van der Waals surface area contributed by atoms with E-state index in [-0.39, 0.29) is 39.9 Å². The second-order valence-electron chi connectivity index (χ2n) is 7.51. The maximum absolute atomic E-state index is 13.6. The molecular formula is C21H15Cl2N5O4. The predicted octanol–water partition coefficient (Wildman–Crippen LogP) is 3.49. The van der Waals surface area contributed by atoms with Crippen LogP contribution in [0, 0.1) is 15.5 Å². The number of hydrogen-bond acceptors (Lipinski definition) is 6. The van der Waals surface area contributed by atoms with Gasteiger partial charge in [0, 0.05) is 39.9 Å². The van der Waals surface area contributed by atoms with Crippen LogP contribution in [0.15, 0.2) is 59.6 Å². The van der Waals surface area contributed by atoms with Crippen LogP contribution in [-0.2, 0) is 10.2 Å². The highest BCUT2D eigenvalue weighted by Gasteiger charge is 2.66. The largest absolute Gasteiger partial charge is 0.507 e. The van der Waals surface area contributed by atoms with Crippen molar-refractivity contribution >= 4 is 46.4 Å². The number of rotatable bonds is 2. The molecule has 2 aromatic carbocycles. The summed E-state index contributed by atoms with van der Waals surface area (Å²) in [5.41, 5.74) is -1.98. The lowest BCUT2D eigenvalue weighted by molar-refractivity contribution is -0.435. The van der Waals surface area contributed by atoms with Gasteiger partial charge in [0.1, 0.15) is 11.6 Å². The van der Waals surface area contributed by atoms with Crippen molar-refractivity contribution in [2.75, 3.05) is 18.4 Å². The van der Waals surface area contributed by atoms with Crippen LogP contribution in [0.25, 0.3) is 5.76 Å². The molecule has 4 N–H and O–H groups in total. The van der Waals surface area contributed by atoms with Crippen molar-refractivity contribution in [1.29, 1.82) is 5.41 Å². The standard InChI is InChI=1S/C21H15Cl2N5O4/c22-11-3-1-10(2-4-11)16(29)15-18(24)27-8-7-25-19(27)17(28(31)32)21(15)13-9-12(23)5-6-14(13)26-20(21)30/h1-6,9,24-25,29H,7-8H2,(H,26,30)/b16-15+,24-18?/t21-/m1/s1.